The number of pyridine rings is 1. The Hall–Kier alpha value is -2.79. The van der Waals surface area contributed by atoms with Gasteiger partial charge < -0.3 is 9.80 Å². The van der Waals surface area contributed by atoms with E-state index in [2.05, 4.69) is 34.1 Å². The maximum absolute atomic E-state index is 14.1. The van der Waals surface area contributed by atoms with Gasteiger partial charge in [0.05, 0.1) is 0 Å². The number of likely N-dealkylation sites (tertiary alicyclic amines) is 1. The van der Waals surface area contributed by atoms with E-state index in [4.69, 9.17) is 0 Å². The maximum Gasteiger partial charge on any atom is 0.272 e. The lowest BCUT2D eigenvalue weighted by Gasteiger charge is -2.37. The Morgan fingerprint density at radius 1 is 1.14 bits per heavy atom. The van der Waals surface area contributed by atoms with Crippen LogP contribution in [0.5, 0.6) is 0 Å². The summed E-state index contributed by atoms with van der Waals surface area (Å²) in [5.41, 5.74) is 1.88. The molecule has 0 bridgehead atoms. The number of likely N-dealkylation sites (N-methyl/N-ethyl adjacent to an activating group) is 1. The van der Waals surface area contributed by atoms with Gasteiger partial charge in [0.2, 0.25) is 0 Å². The second-order valence-electron chi connectivity index (χ2n) is 7.76. The first-order valence-electron chi connectivity index (χ1n) is 10.2. The van der Waals surface area contributed by atoms with E-state index in [-0.39, 0.29) is 17.5 Å². The summed E-state index contributed by atoms with van der Waals surface area (Å²) in [4.78, 5) is 21.5. The molecule has 0 aliphatic carbocycles. The summed E-state index contributed by atoms with van der Waals surface area (Å²) in [6.45, 7) is 2.91. The molecule has 1 aliphatic heterocycles. The van der Waals surface area contributed by atoms with Crippen LogP contribution in [0.2, 0.25) is 0 Å². The summed E-state index contributed by atoms with van der Waals surface area (Å²) < 4.78 is 14.1. The minimum absolute atomic E-state index is 0.144. The number of benzene rings is 2. The van der Waals surface area contributed by atoms with Gasteiger partial charge in [0, 0.05) is 31.6 Å². The maximum atomic E-state index is 14.1. The average molecular weight is 391 g/mol. The predicted octanol–water partition coefficient (Wildman–Crippen LogP) is 4.15. The smallest absolute Gasteiger partial charge is 0.272 e. The summed E-state index contributed by atoms with van der Waals surface area (Å²) in [7, 11) is 1.83. The fraction of sp³-hybridized carbons (Fsp3) is 0.333. The van der Waals surface area contributed by atoms with Crippen LogP contribution in [0.25, 0.3) is 10.9 Å². The molecule has 150 valence electrons. The van der Waals surface area contributed by atoms with Crippen molar-refractivity contribution in [2.75, 3.05) is 26.7 Å². The zero-order valence-electron chi connectivity index (χ0n) is 16.7. The first-order chi connectivity index (χ1) is 14.1. The number of para-hydroxylation sites is 1. The summed E-state index contributed by atoms with van der Waals surface area (Å²) in [5.74, 6) is -0.547. The van der Waals surface area contributed by atoms with Crippen molar-refractivity contribution >= 4 is 16.8 Å². The van der Waals surface area contributed by atoms with Gasteiger partial charge in [0.25, 0.3) is 5.91 Å². The molecule has 0 radical (unpaired) electrons. The van der Waals surface area contributed by atoms with Gasteiger partial charge in [-0.15, -0.1) is 0 Å². The van der Waals surface area contributed by atoms with Crippen molar-refractivity contribution in [3.63, 3.8) is 0 Å². The standard InChI is InChI=1S/C24H26FN3O/c1-27(24(29)22-13-12-19-9-5-11-21(25)23(19)26-22)20-10-6-15-28(17-20)16-14-18-7-3-2-4-8-18/h2-5,7-9,11-13,20H,6,10,14-17H2,1H3/t20-/m1/s1. The lowest BCUT2D eigenvalue weighted by Crippen LogP contribution is -2.49. The number of hydrogen-bond donors (Lipinski definition) is 0. The van der Waals surface area contributed by atoms with Gasteiger partial charge in [-0.25, -0.2) is 9.37 Å². The first kappa shape index (κ1) is 19.5. The molecule has 5 heteroatoms. The van der Waals surface area contributed by atoms with Crippen LogP contribution in [0, 0.1) is 5.82 Å². The van der Waals surface area contributed by atoms with Crippen LogP contribution in [0.4, 0.5) is 4.39 Å². The summed E-state index contributed by atoms with van der Waals surface area (Å²) in [6.07, 6.45) is 3.06. The molecule has 0 spiro atoms. The Balaban J connectivity index is 1.42. The van der Waals surface area contributed by atoms with Gasteiger partial charge in [-0.3, -0.25) is 4.79 Å². The van der Waals surface area contributed by atoms with Crippen LogP contribution in [0.15, 0.2) is 60.7 Å². The largest absolute Gasteiger partial charge is 0.336 e. The molecule has 1 saturated heterocycles. The van der Waals surface area contributed by atoms with E-state index in [1.807, 2.05) is 13.1 Å². The molecule has 0 unspecified atom stereocenters. The first-order valence-corrected chi connectivity index (χ1v) is 10.2. The van der Waals surface area contributed by atoms with Gasteiger partial charge in [0.1, 0.15) is 17.0 Å². The minimum Gasteiger partial charge on any atom is -0.336 e. The van der Waals surface area contributed by atoms with Crippen molar-refractivity contribution in [1.82, 2.24) is 14.8 Å². The number of nitrogens with zero attached hydrogens (tertiary/aromatic N) is 3. The quantitative estimate of drug-likeness (QED) is 0.656. The van der Waals surface area contributed by atoms with Crippen molar-refractivity contribution in [3.05, 3.63) is 77.7 Å². The van der Waals surface area contributed by atoms with E-state index < -0.39 is 5.82 Å². The molecule has 1 aromatic heterocycles. The Morgan fingerprint density at radius 2 is 1.97 bits per heavy atom. The van der Waals surface area contributed by atoms with Gasteiger partial charge in [-0.05, 0) is 43.5 Å². The molecular formula is C24H26FN3O. The topological polar surface area (TPSA) is 36.4 Å². The number of halogens is 1. The molecular weight excluding hydrogens is 365 g/mol. The number of carbonyl (C=O) groups excluding carboxylic acids is 1. The third-order valence-electron chi connectivity index (χ3n) is 5.80. The Morgan fingerprint density at radius 3 is 2.79 bits per heavy atom. The molecule has 2 heterocycles. The highest BCUT2D eigenvalue weighted by atomic mass is 19.1. The molecule has 29 heavy (non-hydrogen) atoms. The van der Waals surface area contributed by atoms with E-state index in [0.29, 0.717) is 11.1 Å². The normalized spacial score (nSPS) is 17.4. The van der Waals surface area contributed by atoms with Crippen molar-refractivity contribution < 1.29 is 9.18 Å². The van der Waals surface area contributed by atoms with E-state index in [9.17, 15) is 9.18 Å². The third-order valence-corrected chi connectivity index (χ3v) is 5.80. The molecule has 1 atom stereocenters. The van der Waals surface area contributed by atoms with E-state index >= 15 is 0 Å². The van der Waals surface area contributed by atoms with Crippen molar-refractivity contribution in [3.8, 4) is 0 Å². The summed E-state index contributed by atoms with van der Waals surface area (Å²) in [6, 6.07) is 18.9. The van der Waals surface area contributed by atoms with Crippen molar-refractivity contribution in [1.29, 1.82) is 0 Å². The van der Waals surface area contributed by atoms with Gasteiger partial charge in [0.15, 0.2) is 0 Å². The molecule has 0 N–H and O–H groups in total. The average Bonchev–Trinajstić information content (AvgIpc) is 2.78. The number of rotatable bonds is 5. The van der Waals surface area contributed by atoms with Crippen LogP contribution in [-0.4, -0.2) is 53.4 Å². The highest BCUT2D eigenvalue weighted by Crippen LogP contribution is 2.20. The Labute approximate surface area is 171 Å². The monoisotopic (exact) mass is 391 g/mol. The SMILES string of the molecule is CN(C(=O)c1ccc2cccc(F)c2n1)[C@@H]1CCCN(CCc2ccccc2)C1. The lowest BCUT2D eigenvalue weighted by molar-refractivity contribution is 0.0614. The third kappa shape index (κ3) is 4.46. The number of fused-ring (bicyclic) bond motifs is 1. The highest BCUT2D eigenvalue weighted by molar-refractivity contribution is 5.95. The van der Waals surface area contributed by atoms with Crippen LogP contribution >= 0.6 is 0 Å². The fourth-order valence-electron chi connectivity index (χ4n) is 4.06. The summed E-state index contributed by atoms with van der Waals surface area (Å²) in [5, 5.41) is 0.703. The van der Waals surface area contributed by atoms with Crippen molar-refractivity contribution in [2.45, 2.75) is 25.3 Å². The van der Waals surface area contributed by atoms with Crippen LogP contribution in [-0.2, 0) is 6.42 Å². The van der Waals surface area contributed by atoms with E-state index in [0.717, 1.165) is 38.9 Å². The zero-order valence-corrected chi connectivity index (χ0v) is 16.7. The summed E-state index contributed by atoms with van der Waals surface area (Å²) >= 11 is 0. The lowest BCUT2D eigenvalue weighted by atomic mass is 10.0. The molecule has 1 fully saturated rings. The number of piperidine rings is 1. The van der Waals surface area contributed by atoms with Crippen LogP contribution in [0.3, 0.4) is 0 Å². The van der Waals surface area contributed by atoms with Crippen LogP contribution in [0.1, 0.15) is 28.9 Å². The van der Waals surface area contributed by atoms with Gasteiger partial charge >= 0.3 is 0 Å². The van der Waals surface area contributed by atoms with E-state index in [1.54, 1.807) is 29.2 Å². The zero-order chi connectivity index (χ0) is 20.2. The molecule has 2 aromatic carbocycles. The number of aromatic nitrogens is 1. The molecule has 4 nitrogen and oxygen atoms in total. The fourth-order valence-corrected chi connectivity index (χ4v) is 4.06. The number of carbonyl (C=O) groups is 1. The van der Waals surface area contributed by atoms with Gasteiger partial charge in [-0.2, -0.15) is 0 Å². The number of hydrogen-bond acceptors (Lipinski definition) is 3. The minimum atomic E-state index is -0.399. The predicted molar refractivity (Wildman–Crippen MR) is 113 cm³/mol. The Bertz CT molecular complexity index is 992. The van der Waals surface area contributed by atoms with Crippen molar-refractivity contribution in [2.24, 2.45) is 0 Å². The highest BCUT2D eigenvalue weighted by Gasteiger charge is 2.27. The Kier molecular flexibility index (Phi) is 5.86. The molecule has 4 rings (SSSR count). The molecule has 1 aliphatic rings. The second-order valence-corrected chi connectivity index (χ2v) is 7.76. The second kappa shape index (κ2) is 8.70. The number of amides is 1. The molecule has 0 saturated carbocycles. The van der Waals surface area contributed by atoms with Crippen LogP contribution < -0.4 is 0 Å². The molecule has 1 amide bonds. The molecule has 3 aromatic rings. The van der Waals surface area contributed by atoms with Gasteiger partial charge in [-0.1, -0.05) is 48.5 Å². The van der Waals surface area contributed by atoms with E-state index in [1.165, 1.54) is 11.6 Å².